The second-order valence-corrected chi connectivity index (χ2v) is 8.90. The molecule has 0 radical (unpaired) electrons. The van der Waals surface area contributed by atoms with Crippen LogP contribution in [0.2, 0.25) is 0 Å². The minimum atomic E-state index is -4.05. The maximum absolute atomic E-state index is 13.5. The van der Waals surface area contributed by atoms with Gasteiger partial charge in [-0.3, -0.25) is 4.79 Å². The molecule has 0 saturated carbocycles. The molecule has 0 fully saturated rings. The van der Waals surface area contributed by atoms with E-state index in [4.69, 9.17) is 0 Å². The van der Waals surface area contributed by atoms with E-state index in [2.05, 4.69) is 0 Å². The summed E-state index contributed by atoms with van der Waals surface area (Å²) >= 11 is 0. The van der Waals surface area contributed by atoms with Crippen LogP contribution in [0.1, 0.15) is 5.56 Å². The van der Waals surface area contributed by atoms with Crippen molar-refractivity contribution in [2.75, 3.05) is 0 Å². The molecule has 4 nitrogen and oxygen atoms in total. The van der Waals surface area contributed by atoms with Gasteiger partial charge in [0, 0.05) is 16.2 Å². The zero-order chi connectivity index (χ0) is 20.2. The zero-order valence-electron chi connectivity index (χ0n) is 15.7. The summed E-state index contributed by atoms with van der Waals surface area (Å²) in [7, 11) is -4.05. The number of nitrogens with zero attached hydrogens (tertiary/aromatic N) is 1. The van der Waals surface area contributed by atoms with Crippen LogP contribution in [-0.4, -0.2) is 12.4 Å². The number of hydrogen-bond acceptors (Lipinski definition) is 3. The first-order valence-electron chi connectivity index (χ1n) is 9.26. The van der Waals surface area contributed by atoms with E-state index in [1.165, 1.54) is 12.1 Å². The number of hydrogen-bond donors (Lipinski definition) is 0. The van der Waals surface area contributed by atoms with Crippen LogP contribution in [0, 0.1) is 6.92 Å². The van der Waals surface area contributed by atoms with E-state index < -0.39 is 15.6 Å². The average molecular weight is 399 g/mol. The number of para-hydroxylation sites is 1. The van der Waals surface area contributed by atoms with E-state index in [9.17, 15) is 13.2 Å². The summed E-state index contributed by atoms with van der Waals surface area (Å²) in [5.41, 5.74) is 0.790. The summed E-state index contributed by atoms with van der Waals surface area (Å²) in [5.74, 6) is 0. The fourth-order valence-electron chi connectivity index (χ4n) is 3.88. The summed E-state index contributed by atoms with van der Waals surface area (Å²) < 4.78 is 27.8. The number of fused-ring (bicyclic) bond motifs is 5. The lowest BCUT2D eigenvalue weighted by molar-refractivity contribution is 0.587. The predicted molar refractivity (Wildman–Crippen MR) is 117 cm³/mol. The lowest BCUT2D eigenvalue weighted by atomic mass is 9.99. The smallest absolute Gasteiger partial charge is 0.268 e. The number of rotatable bonds is 2. The summed E-state index contributed by atoms with van der Waals surface area (Å²) in [6, 6.07) is 25.1. The van der Waals surface area contributed by atoms with Crippen LogP contribution in [0.5, 0.6) is 0 Å². The molecule has 0 aliphatic rings. The van der Waals surface area contributed by atoms with Crippen molar-refractivity contribution in [1.29, 1.82) is 0 Å². The molecule has 5 heteroatoms. The third-order valence-electron chi connectivity index (χ3n) is 5.30. The third-order valence-corrected chi connectivity index (χ3v) is 7.01. The number of pyridine rings is 1. The van der Waals surface area contributed by atoms with Crippen molar-refractivity contribution in [3.63, 3.8) is 0 Å². The molecule has 0 saturated heterocycles. The van der Waals surface area contributed by atoms with Crippen LogP contribution in [0.4, 0.5) is 0 Å². The lowest BCUT2D eigenvalue weighted by Gasteiger charge is -2.15. The van der Waals surface area contributed by atoms with Gasteiger partial charge < -0.3 is 0 Å². The highest BCUT2D eigenvalue weighted by Crippen LogP contribution is 2.31. The highest BCUT2D eigenvalue weighted by molar-refractivity contribution is 7.90. The summed E-state index contributed by atoms with van der Waals surface area (Å²) in [5, 5.41) is 3.83. The monoisotopic (exact) mass is 399 g/mol. The largest absolute Gasteiger partial charge is 0.272 e. The first kappa shape index (κ1) is 17.6. The van der Waals surface area contributed by atoms with Gasteiger partial charge in [0.1, 0.15) is 0 Å². The Morgan fingerprint density at radius 1 is 0.690 bits per heavy atom. The second kappa shape index (κ2) is 6.29. The fraction of sp³-hybridized carbons (Fsp3) is 0.0417. The van der Waals surface area contributed by atoms with Gasteiger partial charge in [-0.1, -0.05) is 66.2 Å². The Bertz CT molecular complexity index is 1580. The van der Waals surface area contributed by atoms with Gasteiger partial charge in [-0.2, -0.15) is 3.97 Å². The predicted octanol–water partition coefficient (Wildman–Crippen LogP) is 4.85. The van der Waals surface area contributed by atoms with Crippen molar-refractivity contribution in [1.82, 2.24) is 3.97 Å². The molecule has 1 aromatic heterocycles. The van der Waals surface area contributed by atoms with Gasteiger partial charge in [0.2, 0.25) is 0 Å². The van der Waals surface area contributed by atoms with Gasteiger partial charge in [-0.15, -0.1) is 0 Å². The molecule has 142 valence electrons. The molecule has 0 atom stereocenters. The van der Waals surface area contributed by atoms with Gasteiger partial charge in [0.15, 0.2) is 0 Å². The van der Waals surface area contributed by atoms with Gasteiger partial charge in [-0.25, -0.2) is 8.42 Å². The van der Waals surface area contributed by atoms with Crippen molar-refractivity contribution < 1.29 is 8.42 Å². The van der Waals surface area contributed by atoms with Crippen LogP contribution in [0.3, 0.4) is 0 Å². The molecular weight excluding hydrogens is 382 g/mol. The van der Waals surface area contributed by atoms with Gasteiger partial charge in [0.05, 0.1) is 10.4 Å². The first-order valence-corrected chi connectivity index (χ1v) is 10.7. The second-order valence-electron chi connectivity index (χ2n) is 7.11. The van der Waals surface area contributed by atoms with E-state index in [1.54, 1.807) is 30.3 Å². The lowest BCUT2D eigenvalue weighted by Crippen LogP contribution is -2.28. The minimum Gasteiger partial charge on any atom is -0.268 e. The summed E-state index contributed by atoms with van der Waals surface area (Å²) in [4.78, 5) is 13.5. The average Bonchev–Trinajstić information content (AvgIpc) is 2.73. The minimum absolute atomic E-state index is 0.0930. The van der Waals surface area contributed by atoms with E-state index in [0.717, 1.165) is 31.1 Å². The Kier molecular flexibility index (Phi) is 3.83. The van der Waals surface area contributed by atoms with Gasteiger partial charge >= 0.3 is 0 Å². The van der Waals surface area contributed by atoms with Crippen molar-refractivity contribution in [2.45, 2.75) is 11.8 Å². The molecule has 0 unspecified atom stereocenters. The Labute approximate surface area is 167 Å². The van der Waals surface area contributed by atoms with Gasteiger partial charge in [0.25, 0.3) is 15.6 Å². The van der Waals surface area contributed by atoms with Crippen molar-refractivity contribution >= 4 is 42.5 Å². The van der Waals surface area contributed by atoms with Crippen molar-refractivity contribution in [3.8, 4) is 0 Å². The fourth-order valence-corrected chi connectivity index (χ4v) is 5.30. The third kappa shape index (κ3) is 2.58. The van der Waals surface area contributed by atoms with Crippen LogP contribution in [0.15, 0.2) is 94.6 Å². The van der Waals surface area contributed by atoms with E-state index in [1.807, 2.05) is 49.4 Å². The highest BCUT2D eigenvalue weighted by atomic mass is 32.2. The Hall–Kier alpha value is -3.44. The molecule has 5 rings (SSSR count). The molecule has 1 heterocycles. The number of aryl methyl sites for hydroxylation is 1. The van der Waals surface area contributed by atoms with Crippen molar-refractivity contribution in [2.24, 2.45) is 0 Å². The molecule has 0 aliphatic heterocycles. The summed E-state index contributed by atoms with van der Waals surface area (Å²) in [6.45, 7) is 1.89. The van der Waals surface area contributed by atoms with Crippen LogP contribution < -0.4 is 5.56 Å². The van der Waals surface area contributed by atoms with Crippen LogP contribution in [0.25, 0.3) is 32.4 Å². The number of benzene rings is 4. The maximum Gasteiger partial charge on any atom is 0.272 e. The molecule has 29 heavy (non-hydrogen) atoms. The molecule has 4 aromatic carbocycles. The number of aromatic nitrogens is 1. The molecule has 0 aliphatic carbocycles. The molecule has 0 N–H and O–H groups in total. The van der Waals surface area contributed by atoms with E-state index in [0.29, 0.717) is 10.9 Å². The Balaban J connectivity index is 2.00. The topological polar surface area (TPSA) is 56.1 Å². The van der Waals surface area contributed by atoms with E-state index >= 15 is 0 Å². The molecular formula is C24H17NO3S. The first-order chi connectivity index (χ1) is 14.0. The summed E-state index contributed by atoms with van der Waals surface area (Å²) in [6.07, 6.45) is 0. The van der Waals surface area contributed by atoms with E-state index in [-0.39, 0.29) is 4.90 Å². The quantitative estimate of drug-likeness (QED) is 0.399. The normalized spacial score (nSPS) is 12.0. The highest BCUT2D eigenvalue weighted by Gasteiger charge is 2.23. The standard InChI is InChI=1S/C24H17NO3S/c1-16-10-13-18(14-11-16)29(27,28)25-22-9-5-4-8-20(22)23-19-7-3-2-6-17(19)12-15-21(23)24(25)26/h2-15H,1H3. The Morgan fingerprint density at radius 3 is 2.10 bits per heavy atom. The Morgan fingerprint density at radius 2 is 1.34 bits per heavy atom. The van der Waals surface area contributed by atoms with Gasteiger partial charge in [-0.05, 0) is 42.0 Å². The molecule has 0 spiro atoms. The van der Waals surface area contributed by atoms with Crippen LogP contribution in [-0.2, 0) is 10.0 Å². The maximum atomic E-state index is 13.5. The SMILES string of the molecule is Cc1ccc(S(=O)(=O)n2c(=O)c3ccc4ccccc4c3c3ccccc32)cc1. The molecule has 0 amide bonds. The van der Waals surface area contributed by atoms with Crippen LogP contribution >= 0.6 is 0 Å². The van der Waals surface area contributed by atoms with Crippen molar-refractivity contribution in [3.05, 3.63) is 101 Å². The zero-order valence-corrected chi connectivity index (χ0v) is 16.5. The molecule has 5 aromatic rings. The molecule has 0 bridgehead atoms.